The SMILES string of the molecule is c1ccc(-c2cccc(-n3c4ccccc4c4cc(-c5ccc6c(c5)c5c7c(ccc5n6-c5cccc(-c6ccccc6)c5)oc5ccccc57)ccc43)c2)cc1.c1ccc(-c2cccc(-n3c4ccccc4c4cc(-c5ccc6c(c5)c5cc7oc8ccccc8c7cc5n6-c5cccc(-c6ccccc6)c5)ccc43)c2)cc1. The van der Waals surface area contributed by atoms with E-state index in [-0.39, 0.29) is 0 Å². The third-order valence-corrected chi connectivity index (χ3v) is 23.4. The minimum Gasteiger partial charge on any atom is -0.456 e. The highest BCUT2D eigenvalue weighted by Gasteiger charge is 2.24. The monoisotopic (exact) mass is 1450 g/mol. The Kier molecular flexibility index (Phi) is 14.9. The number of nitrogens with zero attached hydrogens (tertiary/aromatic N) is 4. The molecular weight excluding hydrogens is 1390 g/mol. The summed E-state index contributed by atoms with van der Waals surface area (Å²) in [7, 11) is 0. The van der Waals surface area contributed by atoms with Crippen LogP contribution >= 0.6 is 0 Å². The average molecular weight is 1450 g/mol. The molecule has 0 saturated heterocycles. The Bertz CT molecular complexity index is 7880. The van der Waals surface area contributed by atoms with Crippen LogP contribution < -0.4 is 0 Å². The third-order valence-electron chi connectivity index (χ3n) is 23.4. The second-order valence-electron chi connectivity index (χ2n) is 29.9. The summed E-state index contributed by atoms with van der Waals surface area (Å²) in [5, 5.41) is 14.2. The fourth-order valence-electron chi connectivity index (χ4n) is 18.2. The van der Waals surface area contributed by atoms with Crippen LogP contribution in [0.15, 0.2) is 421 Å². The van der Waals surface area contributed by atoms with Gasteiger partial charge >= 0.3 is 0 Å². The van der Waals surface area contributed by atoms with Crippen LogP contribution in [0.5, 0.6) is 0 Å². The summed E-state index contributed by atoms with van der Waals surface area (Å²) in [6.07, 6.45) is 0. The van der Waals surface area contributed by atoms with Gasteiger partial charge in [0.2, 0.25) is 0 Å². The highest BCUT2D eigenvalue weighted by molar-refractivity contribution is 6.28. The number of para-hydroxylation sites is 4. The van der Waals surface area contributed by atoms with Crippen LogP contribution in [-0.2, 0) is 0 Å². The normalized spacial score (nSPS) is 11.9. The number of fused-ring (bicyclic) bond motifs is 19. The van der Waals surface area contributed by atoms with Crippen molar-refractivity contribution in [2.75, 3.05) is 0 Å². The van der Waals surface area contributed by atoms with Gasteiger partial charge in [-0.3, -0.25) is 0 Å². The van der Waals surface area contributed by atoms with Gasteiger partial charge in [0.15, 0.2) is 0 Å². The van der Waals surface area contributed by atoms with Crippen LogP contribution in [0.25, 0.3) is 221 Å². The first-order chi connectivity index (χ1) is 56.5. The van der Waals surface area contributed by atoms with Gasteiger partial charge in [0.25, 0.3) is 0 Å². The van der Waals surface area contributed by atoms with Crippen molar-refractivity contribution in [1.82, 2.24) is 18.3 Å². The number of hydrogen-bond acceptors (Lipinski definition) is 2. The molecule has 0 N–H and O–H groups in total. The quantitative estimate of drug-likeness (QED) is 0.137. The van der Waals surface area contributed by atoms with Gasteiger partial charge in [-0.25, -0.2) is 0 Å². The Labute approximate surface area is 656 Å². The maximum Gasteiger partial charge on any atom is 0.136 e. The molecule has 0 spiro atoms. The molecule has 0 bridgehead atoms. The summed E-state index contributed by atoms with van der Waals surface area (Å²) < 4.78 is 22.6. The van der Waals surface area contributed by atoms with E-state index in [0.29, 0.717) is 0 Å². The molecule has 6 nitrogen and oxygen atoms in total. The second kappa shape index (κ2) is 26.2. The van der Waals surface area contributed by atoms with Crippen LogP contribution in [0.1, 0.15) is 0 Å². The second-order valence-corrected chi connectivity index (χ2v) is 29.9. The molecule has 0 aliphatic heterocycles. The fourth-order valence-corrected chi connectivity index (χ4v) is 18.2. The van der Waals surface area contributed by atoms with Crippen molar-refractivity contribution in [1.29, 1.82) is 0 Å². The maximum atomic E-state index is 6.46. The molecule has 0 unspecified atom stereocenters. The van der Waals surface area contributed by atoms with Crippen LogP contribution in [0.2, 0.25) is 0 Å². The van der Waals surface area contributed by atoms with Crippen molar-refractivity contribution < 1.29 is 8.83 Å². The molecule has 0 fully saturated rings. The van der Waals surface area contributed by atoms with Crippen molar-refractivity contribution in [3.05, 3.63) is 413 Å². The summed E-state index contributed by atoms with van der Waals surface area (Å²) in [6, 6.07) is 149. The smallest absolute Gasteiger partial charge is 0.136 e. The number of aromatic nitrogens is 4. The van der Waals surface area contributed by atoms with Crippen LogP contribution in [0, 0.1) is 0 Å². The van der Waals surface area contributed by atoms with Gasteiger partial charge in [-0.05, 0) is 212 Å². The summed E-state index contributed by atoms with van der Waals surface area (Å²) >= 11 is 0. The van der Waals surface area contributed by atoms with Crippen LogP contribution in [0.4, 0.5) is 0 Å². The molecule has 6 heteroatoms. The fraction of sp³-hybridized carbons (Fsp3) is 0. The molecule has 532 valence electrons. The van der Waals surface area contributed by atoms with E-state index in [1.165, 1.54) is 132 Å². The van der Waals surface area contributed by atoms with E-state index in [1.807, 2.05) is 12.1 Å². The molecule has 114 heavy (non-hydrogen) atoms. The van der Waals surface area contributed by atoms with Gasteiger partial charge in [-0.2, -0.15) is 0 Å². The average Bonchev–Trinajstić information content (AvgIpc) is 1.40. The number of hydrogen-bond donors (Lipinski definition) is 0. The Balaban J connectivity index is 0.000000135. The van der Waals surface area contributed by atoms with Crippen molar-refractivity contribution in [2.24, 2.45) is 0 Å². The highest BCUT2D eigenvalue weighted by atomic mass is 16.3. The molecule has 18 aromatic carbocycles. The molecule has 6 heterocycles. The largest absolute Gasteiger partial charge is 0.456 e. The zero-order chi connectivity index (χ0) is 74.9. The van der Waals surface area contributed by atoms with Crippen molar-refractivity contribution in [2.45, 2.75) is 0 Å². The van der Waals surface area contributed by atoms with Gasteiger partial charge in [0, 0.05) is 87.4 Å². The summed E-state index contributed by atoms with van der Waals surface area (Å²) in [4.78, 5) is 0. The Morgan fingerprint density at radius 2 is 0.430 bits per heavy atom. The summed E-state index contributed by atoms with van der Waals surface area (Å²) in [5.41, 5.74) is 31.9. The lowest BCUT2D eigenvalue weighted by atomic mass is 9.99. The lowest BCUT2D eigenvalue weighted by molar-refractivity contribution is 0.669. The molecule has 6 aromatic heterocycles. The van der Waals surface area contributed by atoms with Crippen molar-refractivity contribution in [3.63, 3.8) is 0 Å². The van der Waals surface area contributed by atoms with Gasteiger partial charge in [-0.1, -0.05) is 267 Å². The Morgan fingerprint density at radius 3 is 0.877 bits per heavy atom. The van der Waals surface area contributed by atoms with Gasteiger partial charge in [0.1, 0.15) is 22.3 Å². The minimum absolute atomic E-state index is 0.900. The first kappa shape index (κ1) is 64.7. The van der Waals surface area contributed by atoms with E-state index >= 15 is 0 Å². The predicted octanol–water partition coefficient (Wildman–Crippen LogP) is 29.6. The molecule has 0 radical (unpaired) electrons. The number of furan rings is 2. The Hall–Kier alpha value is -15.2. The minimum atomic E-state index is 0.900. The van der Waals surface area contributed by atoms with E-state index < -0.39 is 0 Å². The van der Waals surface area contributed by atoms with Crippen molar-refractivity contribution >= 4 is 131 Å². The first-order valence-electron chi connectivity index (χ1n) is 39.0. The van der Waals surface area contributed by atoms with Gasteiger partial charge in [-0.15, -0.1) is 0 Å². The molecule has 0 aliphatic carbocycles. The van der Waals surface area contributed by atoms with Crippen LogP contribution in [-0.4, -0.2) is 18.3 Å². The molecule has 24 aromatic rings. The zero-order valence-corrected chi connectivity index (χ0v) is 61.9. The molecular formula is C108H68N4O2. The van der Waals surface area contributed by atoms with E-state index in [4.69, 9.17) is 8.83 Å². The highest BCUT2D eigenvalue weighted by Crippen LogP contribution is 2.47. The summed E-state index contributed by atoms with van der Waals surface area (Å²) in [6.45, 7) is 0. The topological polar surface area (TPSA) is 46.0 Å². The molecule has 0 atom stereocenters. The van der Waals surface area contributed by atoms with Gasteiger partial charge < -0.3 is 27.1 Å². The molecule has 0 saturated carbocycles. The van der Waals surface area contributed by atoms with Crippen LogP contribution in [0.3, 0.4) is 0 Å². The molecule has 0 aliphatic rings. The lowest BCUT2D eigenvalue weighted by Crippen LogP contribution is -1.94. The van der Waals surface area contributed by atoms with E-state index in [0.717, 1.165) is 88.7 Å². The number of benzene rings is 18. The maximum absolute atomic E-state index is 6.46. The first-order valence-corrected chi connectivity index (χ1v) is 39.0. The lowest BCUT2D eigenvalue weighted by Gasteiger charge is -2.11. The standard InChI is InChI=1S/2C54H34N2O/c1-3-13-35(14-4-1)37-17-11-19-41(29-37)55-49-23-9-7-21-43(49)45-31-39(25-27-50(45)55)40-26-28-51-46(32-40)47-34-54-48(44-22-8-10-24-53(44)57-54)33-52(47)56(51)42-20-12-18-38(30-42)36-15-5-2-6-16-36;1-3-13-35(14-4-1)37-17-11-19-41(31-37)55-47-23-9-7-21-43(47)45-33-39(25-27-48(45)55)40-26-28-49-46(34-40)53-50(29-30-52-54(53)44-22-8-10-24-51(44)57-52)56(49)42-20-12-18-38(32-42)36-15-5-2-6-16-36/h2*1-34H. The van der Waals surface area contributed by atoms with Gasteiger partial charge in [0.05, 0.1) is 44.1 Å². The summed E-state index contributed by atoms with van der Waals surface area (Å²) in [5.74, 6) is 0. The number of rotatable bonds is 10. The third kappa shape index (κ3) is 10.6. The van der Waals surface area contributed by atoms with E-state index in [9.17, 15) is 0 Å². The van der Waals surface area contributed by atoms with E-state index in [2.05, 4.69) is 419 Å². The molecule has 24 rings (SSSR count). The zero-order valence-electron chi connectivity index (χ0n) is 61.9. The van der Waals surface area contributed by atoms with E-state index in [1.54, 1.807) is 0 Å². The Morgan fingerprint density at radius 1 is 0.132 bits per heavy atom. The van der Waals surface area contributed by atoms with Crippen molar-refractivity contribution in [3.8, 4) is 89.5 Å². The predicted molar refractivity (Wildman–Crippen MR) is 477 cm³/mol. The molecule has 0 amide bonds.